The fraction of sp³-hybridized carbons (Fsp3) is 0.526. The number of aliphatic carboxylic acids is 2. The molecule has 1 heterocycles. The first-order chi connectivity index (χ1) is 13.8. The molecule has 1 aromatic rings. The van der Waals surface area contributed by atoms with Crippen LogP contribution in [0.2, 0.25) is 0 Å². The van der Waals surface area contributed by atoms with E-state index in [0.29, 0.717) is 31.2 Å². The van der Waals surface area contributed by atoms with Gasteiger partial charge in [-0.2, -0.15) is 8.78 Å². The number of benzene rings is 1. The second-order valence-corrected chi connectivity index (χ2v) is 7.71. The molecule has 1 aliphatic rings. The molecule has 0 bridgehead atoms. The van der Waals surface area contributed by atoms with Crippen LogP contribution in [0.4, 0.5) is 8.78 Å². The van der Waals surface area contributed by atoms with Gasteiger partial charge < -0.3 is 19.8 Å². The molecule has 7 nitrogen and oxygen atoms in total. The molecule has 1 unspecified atom stereocenters. The van der Waals surface area contributed by atoms with E-state index in [1.165, 1.54) is 34.9 Å². The van der Waals surface area contributed by atoms with Crippen LogP contribution in [-0.2, 0) is 14.4 Å². The lowest BCUT2D eigenvalue weighted by Crippen LogP contribution is -2.42. The minimum atomic E-state index is -2.98. The third-order valence-electron chi connectivity index (χ3n) is 4.47. The van der Waals surface area contributed by atoms with Gasteiger partial charge in [-0.15, -0.1) is 11.8 Å². The quantitative estimate of drug-likeness (QED) is 0.514. The molecule has 0 aliphatic carbocycles. The van der Waals surface area contributed by atoms with E-state index in [0.717, 1.165) is 0 Å². The number of thioether (sulfide) groups is 1. The molecule has 1 amide bonds. The van der Waals surface area contributed by atoms with Gasteiger partial charge in [-0.3, -0.25) is 9.59 Å². The molecule has 2 rings (SSSR count). The summed E-state index contributed by atoms with van der Waals surface area (Å²) in [4.78, 5) is 36.1. The number of carbonyl (C=O) groups excluding carboxylic acids is 1. The van der Waals surface area contributed by atoms with Crippen molar-refractivity contribution in [2.75, 3.05) is 5.75 Å². The lowest BCUT2D eigenvalue weighted by atomic mass is 10.1. The maximum atomic E-state index is 12.8. The zero-order valence-corrected chi connectivity index (χ0v) is 16.4. The smallest absolute Gasteiger partial charge is 0.387 e. The number of ether oxygens (including phenoxy) is 1. The Hall–Kier alpha value is -2.36. The van der Waals surface area contributed by atoms with Gasteiger partial charge >= 0.3 is 18.6 Å². The number of amides is 1. The van der Waals surface area contributed by atoms with Crippen LogP contribution in [0, 0.1) is 0 Å². The fourth-order valence-electron chi connectivity index (χ4n) is 3.14. The molecule has 2 N–H and O–H groups in total. The second-order valence-electron chi connectivity index (χ2n) is 6.60. The SMILES string of the molecule is O=C(O)CCCCCCC(=O)N1C(c2cccc(OC(F)F)c2)SC[C@H]1C(=O)O. The predicted molar refractivity (Wildman–Crippen MR) is 102 cm³/mol. The van der Waals surface area contributed by atoms with Crippen LogP contribution in [0.3, 0.4) is 0 Å². The van der Waals surface area contributed by atoms with Crippen molar-refractivity contribution in [2.24, 2.45) is 0 Å². The van der Waals surface area contributed by atoms with Crippen molar-refractivity contribution in [1.82, 2.24) is 4.90 Å². The number of carboxylic acid groups (broad SMARTS) is 2. The summed E-state index contributed by atoms with van der Waals surface area (Å²) in [6.07, 6.45) is 2.61. The van der Waals surface area contributed by atoms with Crippen molar-refractivity contribution in [3.8, 4) is 5.75 Å². The van der Waals surface area contributed by atoms with Crippen LogP contribution in [0.15, 0.2) is 24.3 Å². The van der Waals surface area contributed by atoms with Crippen molar-refractivity contribution >= 4 is 29.6 Å². The largest absolute Gasteiger partial charge is 0.481 e. The summed E-state index contributed by atoms with van der Waals surface area (Å²) in [5, 5.41) is 17.5. The highest BCUT2D eigenvalue weighted by Gasteiger charge is 2.42. The second kappa shape index (κ2) is 11.0. The number of hydrogen-bond donors (Lipinski definition) is 2. The minimum Gasteiger partial charge on any atom is -0.481 e. The first kappa shape index (κ1) is 22.9. The van der Waals surface area contributed by atoms with Crippen molar-refractivity contribution in [2.45, 2.75) is 56.6 Å². The third kappa shape index (κ3) is 6.88. The molecule has 10 heteroatoms. The summed E-state index contributed by atoms with van der Waals surface area (Å²) in [7, 11) is 0. The molecule has 1 aromatic carbocycles. The molecule has 1 fully saturated rings. The minimum absolute atomic E-state index is 0.0531. The topological polar surface area (TPSA) is 104 Å². The molecular formula is C19H23F2NO6S. The number of alkyl halides is 2. The zero-order valence-electron chi connectivity index (χ0n) is 15.6. The van der Waals surface area contributed by atoms with E-state index in [1.54, 1.807) is 6.07 Å². The Kier molecular flexibility index (Phi) is 8.69. The molecule has 0 spiro atoms. The van der Waals surface area contributed by atoms with Crippen LogP contribution < -0.4 is 4.74 Å². The van der Waals surface area contributed by atoms with Crippen molar-refractivity contribution in [3.05, 3.63) is 29.8 Å². The first-order valence-corrected chi connectivity index (χ1v) is 10.3. The Morgan fingerprint density at radius 1 is 1.14 bits per heavy atom. The van der Waals surface area contributed by atoms with E-state index < -0.39 is 30.0 Å². The molecule has 2 atom stereocenters. The van der Waals surface area contributed by atoms with Gasteiger partial charge in [0.2, 0.25) is 5.91 Å². The molecule has 0 saturated carbocycles. The van der Waals surface area contributed by atoms with Crippen molar-refractivity contribution in [3.63, 3.8) is 0 Å². The van der Waals surface area contributed by atoms with Crippen LogP contribution in [-0.4, -0.2) is 51.4 Å². The maximum absolute atomic E-state index is 12.8. The Morgan fingerprint density at radius 3 is 2.45 bits per heavy atom. The summed E-state index contributed by atoms with van der Waals surface area (Å²) >= 11 is 1.26. The van der Waals surface area contributed by atoms with E-state index in [-0.39, 0.29) is 30.3 Å². The summed E-state index contributed by atoms with van der Waals surface area (Å²) in [6.45, 7) is -2.98. The van der Waals surface area contributed by atoms with Gasteiger partial charge in [0.1, 0.15) is 17.2 Å². The van der Waals surface area contributed by atoms with E-state index in [2.05, 4.69) is 4.74 Å². The monoisotopic (exact) mass is 431 g/mol. The highest BCUT2D eigenvalue weighted by molar-refractivity contribution is 7.99. The number of unbranched alkanes of at least 4 members (excludes halogenated alkanes) is 3. The highest BCUT2D eigenvalue weighted by Crippen LogP contribution is 2.42. The molecular weight excluding hydrogens is 408 g/mol. The maximum Gasteiger partial charge on any atom is 0.387 e. The van der Waals surface area contributed by atoms with Gasteiger partial charge in [-0.25, -0.2) is 4.79 Å². The van der Waals surface area contributed by atoms with Gasteiger partial charge in [0.25, 0.3) is 0 Å². The van der Waals surface area contributed by atoms with Gasteiger partial charge in [0.15, 0.2) is 0 Å². The summed E-state index contributed by atoms with van der Waals surface area (Å²) in [6, 6.07) is 4.93. The summed E-state index contributed by atoms with van der Waals surface area (Å²) < 4.78 is 29.3. The highest BCUT2D eigenvalue weighted by atomic mass is 32.2. The van der Waals surface area contributed by atoms with E-state index >= 15 is 0 Å². The molecule has 1 saturated heterocycles. The zero-order chi connectivity index (χ0) is 21.4. The van der Waals surface area contributed by atoms with E-state index in [9.17, 15) is 28.3 Å². The van der Waals surface area contributed by atoms with Crippen molar-refractivity contribution < 1.29 is 38.1 Å². The van der Waals surface area contributed by atoms with Crippen LogP contribution >= 0.6 is 11.8 Å². The third-order valence-corrected chi connectivity index (χ3v) is 5.80. The standard InChI is InChI=1S/C19H23F2NO6S/c20-19(21)28-13-7-5-6-12(10-13)17-22(14(11-29-17)18(26)27)15(23)8-3-1-2-4-9-16(24)25/h5-7,10,14,17,19H,1-4,8-9,11H2,(H,24,25)(H,26,27)/t14-,17?/m0/s1. The number of halogens is 2. The Balaban J connectivity index is 2.03. The molecule has 29 heavy (non-hydrogen) atoms. The van der Waals surface area contributed by atoms with Crippen molar-refractivity contribution in [1.29, 1.82) is 0 Å². The van der Waals surface area contributed by atoms with Crippen LogP contribution in [0.25, 0.3) is 0 Å². The van der Waals surface area contributed by atoms with E-state index in [1.807, 2.05) is 0 Å². The van der Waals surface area contributed by atoms with Crippen LogP contribution in [0.5, 0.6) is 5.75 Å². The number of carbonyl (C=O) groups is 3. The molecule has 160 valence electrons. The lowest BCUT2D eigenvalue weighted by Gasteiger charge is -2.28. The van der Waals surface area contributed by atoms with Gasteiger partial charge in [0, 0.05) is 18.6 Å². The first-order valence-electron chi connectivity index (χ1n) is 9.21. The van der Waals surface area contributed by atoms with Gasteiger partial charge in [0.05, 0.1) is 0 Å². The number of hydrogen-bond acceptors (Lipinski definition) is 5. The lowest BCUT2D eigenvalue weighted by molar-refractivity contribution is -0.149. The number of rotatable bonds is 11. The summed E-state index contributed by atoms with van der Waals surface area (Å²) in [5.41, 5.74) is 0.520. The van der Waals surface area contributed by atoms with Gasteiger partial charge in [-0.1, -0.05) is 25.0 Å². The molecule has 0 radical (unpaired) electrons. The summed E-state index contributed by atoms with van der Waals surface area (Å²) in [5.74, 6) is -2.16. The average molecular weight is 431 g/mol. The predicted octanol–water partition coefficient (Wildman–Crippen LogP) is 3.74. The normalized spacial score (nSPS) is 18.8. The Morgan fingerprint density at radius 2 is 1.83 bits per heavy atom. The Bertz CT molecular complexity index is 732. The van der Waals surface area contributed by atoms with Crippen LogP contribution in [0.1, 0.15) is 49.5 Å². The fourth-order valence-corrected chi connectivity index (χ4v) is 4.57. The molecule has 1 aliphatic heterocycles. The average Bonchev–Trinajstić information content (AvgIpc) is 3.09. The van der Waals surface area contributed by atoms with Gasteiger partial charge in [-0.05, 0) is 30.5 Å². The molecule has 0 aromatic heterocycles. The Labute approximate surface area is 171 Å². The number of carboxylic acids is 2. The van der Waals surface area contributed by atoms with E-state index in [4.69, 9.17) is 5.11 Å². The number of nitrogens with zero attached hydrogens (tertiary/aromatic N) is 1.